The van der Waals surface area contributed by atoms with Crippen LogP contribution in [0.4, 0.5) is 0 Å². The van der Waals surface area contributed by atoms with E-state index >= 15 is 0 Å². The Hall–Kier alpha value is -0.730. The number of piperidine rings is 1. The van der Waals surface area contributed by atoms with Crippen molar-refractivity contribution in [3.8, 4) is 5.75 Å². The highest BCUT2D eigenvalue weighted by Crippen LogP contribution is 2.22. The smallest absolute Gasteiger partial charge is 0.137 e. The molecular weight excluding hydrogens is 258 g/mol. The number of halogens is 1. The number of ether oxygens (including phenoxy) is 1. The maximum atomic E-state index is 6.11. The van der Waals surface area contributed by atoms with Crippen LogP contribution in [0.25, 0.3) is 0 Å². The molecule has 2 nitrogen and oxygen atoms in total. The van der Waals surface area contributed by atoms with Gasteiger partial charge in [0.2, 0.25) is 0 Å². The van der Waals surface area contributed by atoms with Gasteiger partial charge in [-0.1, -0.05) is 25.4 Å². The summed E-state index contributed by atoms with van der Waals surface area (Å²) < 4.78 is 5.86. The highest BCUT2D eigenvalue weighted by Gasteiger charge is 2.19. The van der Waals surface area contributed by atoms with Crippen LogP contribution in [0.1, 0.15) is 32.3 Å². The number of likely N-dealkylation sites (tertiary alicyclic amines) is 1. The molecule has 3 heteroatoms. The summed E-state index contributed by atoms with van der Waals surface area (Å²) in [6.07, 6.45) is 3.70. The van der Waals surface area contributed by atoms with E-state index < -0.39 is 0 Å². The first kappa shape index (κ1) is 14.7. The second-order valence-corrected chi connectivity index (χ2v) is 6.06. The largest absolute Gasteiger partial charge is 0.488 e. The van der Waals surface area contributed by atoms with Gasteiger partial charge >= 0.3 is 0 Å². The van der Waals surface area contributed by atoms with Gasteiger partial charge in [0.1, 0.15) is 18.9 Å². The SMILES string of the molecule is CCc1cc(OCC[NH+]2CCC[C@@H](C)C2)ccc1Cl. The Morgan fingerprint density at radius 1 is 1.42 bits per heavy atom. The third-order valence-corrected chi connectivity index (χ3v) is 4.36. The Morgan fingerprint density at radius 3 is 3.00 bits per heavy atom. The van der Waals surface area contributed by atoms with Crippen LogP contribution >= 0.6 is 11.6 Å². The normalized spacial score (nSPS) is 23.3. The van der Waals surface area contributed by atoms with E-state index in [0.717, 1.165) is 41.8 Å². The Kier molecular flexibility index (Phi) is 5.53. The fourth-order valence-corrected chi connectivity index (χ4v) is 3.10. The van der Waals surface area contributed by atoms with Crippen LogP contribution in [0.15, 0.2) is 18.2 Å². The summed E-state index contributed by atoms with van der Waals surface area (Å²) in [4.78, 5) is 1.68. The molecule has 0 amide bonds. The third-order valence-electron chi connectivity index (χ3n) is 3.99. The number of benzene rings is 1. The van der Waals surface area contributed by atoms with E-state index in [1.54, 1.807) is 4.90 Å². The first-order valence-electron chi connectivity index (χ1n) is 7.43. The predicted molar refractivity (Wildman–Crippen MR) is 80.3 cm³/mol. The Labute approximate surface area is 121 Å². The molecule has 0 aromatic heterocycles. The van der Waals surface area contributed by atoms with Crippen molar-refractivity contribution in [1.29, 1.82) is 0 Å². The average Bonchev–Trinajstić information content (AvgIpc) is 2.41. The summed E-state index contributed by atoms with van der Waals surface area (Å²) in [6.45, 7) is 8.97. The van der Waals surface area contributed by atoms with Gasteiger partial charge in [0, 0.05) is 10.9 Å². The number of hydrogen-bond acceptors (Lipinski definition) is 1. The summed E-state index contributed by atoms with van der Waals surface area (Å²) in [7, 11) is 0. The summed E-state index contributed by atoms with van der Waals surface area (Å²) in [5, 5.41) is 0.838. The predicted octanol–water partition coefficient (Wildman–Crippen LogP) is 2.60. The van der Waals surface area contributed by atoms with Gasteiger partial charge in [-0.2, -0.15) is 0 Å². The maximum absolute atomic E-state index is 6.11. The quantitative estimate of drug-likeness (QED) is 0.876. The molecule has 1 fully saturated rings. The fourth-order valence-electron chi connectivity index (χ4n) is 2.85. The van der Waals surface area contributed by atoms with Crippen LogP contribution in [0.5, 0.6) is 5.75 Å². The van der Waals surface area contributed by atoms with Crippen LogP contribution in [0.3, 0.4) is 0 Å². The van der Waals surface area contributed by atoms with Crippen molar-refractivity contribution >= 4 is 11.6 Å². The standard InChI is InChI=1S/C16H24ClNO/c1-3-14-11-15(6-7-16(14)17)19-10-9-18-8-4-5-13(2)12-18/h6-7,11,13H,3-5,8-10,12H2,1-2H3/p+1/t13-/m1/s1. The molecule has 106 valence electrons. The van der Waals surface area contributed by atoms with Crippen LogP contribution < -0.4 is 9.64 Å². The molecule has 0 radical (unpaired) electrons. The second-order valence-electron chi connectivity index (χ2n) is 5.66. The molecule has 1 aromatic carbocycles. The number of aryl methyl sites for hydroxylation is 1. The van der Waals surface area contributed by atoms with Gasteiger partial charge < -0.3 is 9.64 Å². The van der Waals surface area contributed by atoms with E-state index in [2.05, 4.69) is 19.9 Å². The minimum absolute atomic E-state index is 0.798. The molecule has 1 aliphatic rings. The molecule has 0 bridgehead atoms. The van der Waals surface area contributed by atoms with Gasteiger partial charge in [-0.05, 0) is 43.0 Å². The molecule has 19 heavy (non-hydrogen) atoms. The monoisotopic (exact) mass is 282 g/mol. The summed E-state index contributed by atoms with van der Waals surface area (Å²) in [6, 6.07) is 5.97. The van der Waals surface area contributed by atoms with Crippen LogP contribution in [0.2, 0.25) is 5.02 Å². The van der Waals surface area contributed by atoms with Gasteiger partial charge in [0.15, 0.2) is 0 Å². The Morgan fingerprint density at radius 2 is 2.26 bits per heavy atom. The summed E-state index contributed by atoms with van der Waals surface area (Å²) >= 11 is 6.11. The first-order valence-corrected chi connectivity index (χ1v) is 7.81. The minimum Gasteiger partial charge on any atom is -0.488 e. The van der Waals surface area contributed by atoms with E-state index in [0.29, 0.717) is 0 Å². The highest BCUT2D eigenvalue weighted by atomic mass is 35.5. The van der Waals surface area contributed by atoms with Gasteiger partial charge in [-0.25, -0.2) is 0 Å². The third kappa shape index (κ3) is 4.39. The van der Waals surface area contributed by atoms with E-state index in [1.807, 2.05) is 12.1 Å². The van der Waals surface area contributed by atoms with Gasteiger partial charge in [-0.15, -0.1) is 0 Å². The first-order chi connectivity index (χ1) is 9.19. The molecule has 0 spiro atoms. The molecule has 1 N–H and O–H groups in total. The summed E-state index contributed by atoms with van der Waals surface area (Å²) in [5.41, 5.74) is 1.16. The Balaban J connectivity index is 1.79. The van der Waals surface area contributed by atoms with E-state index in [9.17, 15) is 0 Å². The van der Waals surface area contributed by atoms with Crippen molar-refractivity contribution in [1.82, 2.24) is 0 Å². The molecule has 1 unspecified atom stereocenters. The Bertz CT molecular complexity index is 408. The zero-order chi connectivity index (χ0) is 13.7. The number of rotatable bonds is 5. The second kappa shape index (κ2) is 7.16. The fraction of sp³-hybridized carbons (Fsp3) is 0.625. The van der Waals surface area contributed by atoms with Crippen molar-refractivity contribution in [2.45, 2.75) is 33.1 Å². The molecule has 2 rings (SSSR count). The molecule has 2 atom stereocenters. The zero-order valence-corrected chi connectivity index (χ0v) is 12.8. The van der Waals surface area contributed by atoms with Crippen molar-refractivity contribution in [3.05, 3.63) is 28.8 Å². The maximum Gasteiger partial charge on any atom is 0.137 e. The van der Waals surface area contributed by atoms with Gasteiger partial charge in [-0.3, -0.25) is 0 Å². The molecular formula is C16H25ClNO+. The lowest BCUT2D eigenvalue weighted by atomic mass is 10.0. The van der Waals surface area contributed by atoms with E-state index in [1.165, 1.54) is 25.9 Å². The lowest BCUT2D eigenvalue weighted by molar-refractivity contribution is -0.908. The van der Waals surface area contributed by atoms with Crippen LogP contribution in [-0.4, -0.2) is 26.2 Å². The zero-order valence-electron chi connectivity index (χ0n) is 12.0. The molecule has 1 heterocycles. The average molecular weight is 283 g/mol. The topological polar surface area (TPSA) is 13.7 Å². The van der Waals surface area contributed by atoms with E-state index in [4.69, 9.17) is 16.3 Å². The minimum atomic E-state index is 0.798. The highest BCUT2D eigenvalue weighted by molar-refractivity contribution is 6.31. The molecule has 1 aromatic rings. The van der Waals surface area contributed by atoms with Crippen molar-refractivity contribution < 1.29 is 9.64 Å². The molecule has 1 saturated heterocycles. The van der Waals surface area contributed by atoms with Crippen LogP contribution in [0, 0.1) is 5.92 Å². The van der Waals surface area contributed by atoms with Gasteiger partial charge in [0.05, 0.1) is 13.1 Å². The number of nitrogens with one attached hydrogen (secondary N) is 1. The lowest BCUT2D eigenvalue weighted by Gasteiger charge is -2.27. The van der Waals surface area contributed by atoms with Crippen molar-refractivity contribution in [2.24, 2.45) is 5.92 Å². The van der Waals surface area contributed by atoms with Crippen molar-refractivity contribution in [3.63, 3.8) is 0 Å². The molecule has 1 aliphatic heterocycles. The lowest BCUT2D eigenvalue weighted by Crippen LogP contribution is -3.14. The van der Waals surface area contributed by atoms with Crippen molar-refractivity contribution in [2.75, 3.05) is 26.2 Å². The van der Waals surface area contributed by atoms with E-state index in [-0.39, 0.29) is 0 Å². The summed E-state index contributed by atoms with van der Waals surface area (Å²) in [5.74, 6) is 1.82. The molecule has 0 aliphatic carbocycles. The van der Waals surface area contributed by atoms with Gasteiger partial charge in [0.25, 0.3) is 0 Å². The molecule has 0 saturated carbocycles. The number of hydrogen-bond donors (Lipinski definition) is 1. The number of quaternary nitrogens is 1. The van der Waals surface area contributed by atoms with Crippen LogP contribution in [-0.2, 0) is 6.42 Å².